The fraction of sp³-hybridized carbons (Fsp3) is 0.200. The van der Waals surface area contributed by atoms with E-state index in [1.807, 2.05) is 0 Å². The first-order chi connectivity index (χ1) is 3.72. The smallest absolute Gasteiger partial charge is 0.123 e. The summed E-state index contributed by atoms with van der Waals surface area (Å²) in [5.74, 6) is -0.0532. The molecule has 0 fully saturated rings. The van der Waals surface area contributed by atoms with Crippen molar-refractivity contribution < 1.29 is 0 Å². The molecular formula is C5H9N3. The summed E-state index contributed by atoms with van der Waals surface area (Å²) in [7, 11) is 0. The van der Waals surface area contributed by atoms with Crippen LogP contribution < -0.4 is 5.73 Å². The Morgan fingerprint density at radius 2 is 2.12 bits per heavy atom. The van der Waals surface area contributed by atoms with Crippen LogP contribution in [0, 0.1) is 10.8 Å². The van der Waals surface area contributed by atoms with E-state index in [0.717, 1.165) is 6.21 Å². The highest BCUT2D eigenvalue weighted by Crippen LogP contribution is 1.84. The number of hydrogen-bond donors (Lipinski definition) is 3. The van der Waals surface area contributed by atoms with Gasteiger partial charge in [-0.25, -0.2) is 0 Å². The molecular weight excluding hydrogens is 102 g/mol. The van der Waals surface area contributed by atoms with Crippen molar-refractivity contribution in [3.63, 3.8) is 0 Å². The van der Waals surface area contributed by atoms with Gasteiger partial charge in [0, 0.05) is 11.8 Å². The van der Waals surface area contributed by atoms with Gasteiger partial charge in [0.25, 0.3) is 0 Å². The molecule has 0 aliphatic carbocycles. The minimum Gasteiger partial charge on any atom is -0.384 e. The van der Waals surface area contributed by atoms with Crippen molar-refractivity contribution in [3.8, 4) is 0 Å². The Labute approximate surface area is 48.2 Å². The summed E-state index contributed by atoms with van der Waals surface area (Å²) in [6.07, 6.45) is 2.68. The van der Waals surface area contributed by atoms with Crippen LogP contribution in [0.3, 0.4) is 0 Å². The summed E-state index contributed by atoms with van der Waals surface area (Å²) in [6.45, 7) is 1.74. The van der Waals surface area contributed by atoms with Crippen molar-refractivity contribution in [3.05, 3.63) is 11.6 Å². The van der Waals surface area contributed by atoms with Crippen LogP contribution in [0.25, 0.3) is 0 Å². The molecule has 0 aliphatic rings. The van der Waals surface area contributed by atoms with Gasteiger partial charge in [-0.3, -0.25) is 5.41 Å². The quantitative estimate of drug-likeness (QED) is 0.352. The van der Waals surface area contributed by atoms with E-state index >= 15 is 0 Å². The molecule has 0 aromatic carbocycles. The highest BCUT2D eigenvalue weighted by molar-refractivity contribution is 6.11. The molecule has 0 radical (unpaired) electrons. The molecule has 0 amide bonds. The van der Waals surface area contributed by atoms with Gasteiger partial charge in [-0.2, -0.15) is 0 Å². The summed E-state index contributed by atoms with van der Waals surface area (Å²) < 4.78 is 0. The molecule has 0 saturated carbocycles. The average Bonchev–Trinajstić information content (AvgIpc) is 1.69. The van der Waals surface area contributed by atoms with E-state index in [4.69, 9.17) is 16.6 Å². The SMILES string of the molecule is C/C=C(\C=N)C(=N)N. The summed E-state index contributed by atoms with van der Waals surface area (Å²) in [6, 6.07) is 0. The summed E-state index contributed by atoms with van der Waals surface area (Å²) in [5.41, 5.74) is 5.48. The Hall–Kier alpha value is -1.12. The maximum absolute atomic E-state index is 6.81. The topological polar surface area (TPSA) is 73.7 Å². The van der Waals surface area contributed by atoms with Gasteiger partial charge in [0.15, 0.2) is 0 Å². The lowest BCUT2D eigenvalue weighted by atomic mass is 10.2. The fourth-order valence-corrected chi connectivity index (χ4v) is 0.317. The zero-order valence-electron chi connectivity index (χ0n) is 4.73. The fourth-order valence-electron chi connectivity index (χ4n) is 0.317. The van der Waals surface area contributed by atoms with E-state index in [-0.39, 0.29) is 5.84 Å². The molecule has 0 aromatic rings. The Balaban J connectivity index is 4.13. The van der Waals surface area contributed by atoms with Gasteiger partial charge in [-0.05, 0) is 6.92 Å². The molecule has 0 spiro atoms. The summed E-state index contributed by atoms with van der Waals surface area (Å²) >= 11 is 0. The molecule has 0 rings (SSSR count). The van der Waals surface area contributed by atoms with Gasteiger partial charge in [0.05, 0.1) is 0 Å². The van der Waals surface area contributed by atoms with Crippen LogP contribution in [0.15, 0.2) is 11.6 Å². The predicted octanol–water partition coefficient (Wildman–Crippen LogP) is 0.518. The standard InChI is InChI=1S/C5H9N3/c1-2-4(3-6)5(7)8/h2-3,6H,1H3,(H3,7,8)/b4-2+,6-3?. The minimum atomic E-state index is -0.0532. The molecule has 0 aliphatic heterocycles. The lowest BCUT2D eigenvalue weighted by Crippen LogP contribution is -2.13. The normalized spacial score (nSPS) is 10.9. The van der Waals surface area contributed by atoms with Crippen LogP contribution in [0.4, 0.5) is 0 Å². The third kappa shape index (κ3) is 1.55. The minimum absolute atomic E-state index is 0.0532. The maximum atomic E-state index is 6.81. The van der Waals surface area contributed by atoms with E-state index in [1.54, 1.807) is 13.0 Å². The van der Waals surface area contributed by atoms with Gasteiger partial charge >= 0.3 is 0 Å². The predicted molar refractivity (Wildman–Crippen MR) is 34.5 cm³/mol. The molecule has 0 saturated heterocycles. The number of allylic oxidation sites excluding steroid dienone is 1. The van der Waals surface area contributed by atoms with Gasteiger partial charge in [0.1, 0.15) is 5.84 Å². The van der Waals surface area contributed by atoms with Crippen LogP contribution in [-0.4, -0.2) is 12.1 Å². The van der Waals surface area contributed by atoms with Crippen molar-refractivity contribution in [1.82, 2.24) is 0 Å². The van der Waals surface area contributed by atoms with Crippen molar-refractivity contribution in [2.45, 2.75) is 6.92 Å². The van der Waals surface area contributed by atoms with E-state index in [2.05, 4.69) is 0 Å². The Bertz CT molecular complexity index is 135. The number of nitrogens with two attached hydrogens (primary N) is 1. The van der Waals surface area contributed by atoms with Crippen LogP contribution in [-0.2, 0) is 0 Å². The molecule has 0 unspecified atom stereocenters. The van der Waals surface area contributed by atoms with E-state index in [0.29, 0.717) is 5.57 Å². The van der Waals surface area contributed by atoms with Crippen molar-refractivity contribution >= 4 is 12.1 Å². The molecule has 44 valence electrons. The molecule has 3 nitrogen and oxygen atoms in total. The highest BCUT2D eigenvalue weighted by atomic mass is 14.7. The number of hydrogen-bond acceptors (Lipinski definition) is 2. The van der Waals surface area contributed by atoms with Crippen molar-refractivity contribution in [2.75, 3.05) is 0 Å². The third-order valence-electron chi connectivity index (χ3n) is 0.778. The maximum Gasteiger partial charge on any atom is 0.123 e. The van der Waals surface area contributed by atoms with Gasteiger partial charge < -0.3 is 11.1 Å². The first-order valence-electron chi connectivity index (χ1n) is 2.23. The van der Waals surface area contributed by atoms with E-state index in [9.17, 15) is 0 Å². The molecule has 0 atom stereocenters. The second kappa shape index (κ2) is 2.96. The second-order valence-electron chi connectivity index (χ2n) is 1.30. The molecule has 0 bridgehead atoms. The molecule has 0 heterocycles. The zero-order valence-corrected chi connectivity index (χ0v) is 4.73. The van der Waals surface area contributed by atoms with Crippen molar-refractivity contribution in [2.24, 2.45) is 5.73 Å². The highest BCUT2D eigenvalue weighted by Gasteiger charge is 1.90. The number of nitrogens with one attached hydrogen (secondary N) is 2. The van der Waals surface area contributed by atoms with Crippen LogP contribution in [0.1, 0.15) is 6.92 Å². The molecule has 4 N–H and O–H groups in total. The van der Waals surface area contributed by atoms with E-state index in [1.165, 1.54) is 0 Å². The lowest BCUT2D eigenvalue weighted by Gasteiger charge is -1.91. The Morgan fingerprint density at radius 3 is 2.12 bits per heavy atom. The first kappa shape index (κ1) is 6.88. The van der Waals surface area contributed by atoms with Crippen LogP contribution in [0.2, 0.25) is 0 Å². The third-order valence-corrected chi connectivity index (χ3v) is 0.778. The monoisotopic (exact) mass is 111 g/mol. The number of amidine groups is 1. The van der Waals surface area contributed by atoms with Crippen LogP contribution >= 0.6 is 0 Å². The summed E-state index contributed by atoms with van der Waals surface area (Å²) in [5, 5.41) is 13.5. The molecule has 8 heavy (non-hydrogen) atoms. The van der Waals surface area contributed by atoms with Gasteiger partial charge in [-0.15, -0.1) is 0 Å². The Kier molecular flexibility index (Phi) is 2.54. The van der Waals surface area contributed by atoms with Crippen LogP contribution in [0.5, 0.6) is 0 Å². The van der Waals surface area contributed by atoms with Gasteiger partial charge in [-0.1, -0.05) is 6.08 Å². The van der Waals surface area contributed by atoms with Crippen molar-refractivity contribution in [1.29, 1.82) is 10.8 Å². The largest absolute Gasteiger partial charge is 0.384 e. The summed E-state index contributed by atoms with van der Waals surface area (Å²) in [4.78, 5) is 0. The zero-order chi connectivity index (χ0) is 6.57. The molecule has 3 heteroatoms. The number of rotatable bonds is 2. The van der Waals surface area contributed by atoms with E-state index < -0.39 is 0 Å². The first-order valence-corrected chi connectivity index (χ1v) is 2.23. The average molecular weight is 111 g/mol. The Morgan fingerprint density at radius 1 is 1.62 bits per heavy atom. The second-order valence-corrected chi connectivity index (χ2v) is 1.30. The van der Waals surface area contributed by atoms with Gasteiger partial charge in [0.2, 0.25) is 0 Å². The lowest BCUT2D eigenvalue weighted by molar-refractivity contribution is 1.43. The molecule has 0 aromatic heterocycles.